The van der Waals surface area contributed by atoms with Crippen molar-refractivity contribution < 1.29 is 28.2 Å². The number of aliphatic carboxylic acids is 1. The van der Waals surface area contributed by atoms with Gasteiger partial charge in [-0.25, -0.2) is 38.5 Å². The van der Waals surface area contributed by atoms with Crippen LogP contribution in [0.4, 0.5) is 13.2 Å². The third kappa shape index (κ3) is 8.51. The number of aliphatic imine (C=N–C) groups is 1. The van der Waals surface area contributed by atoms with E-state index >= 15 is 0 Å². The zero-order valence-electron chi connectivity index (χ0n) is 23.0. The molecule has 3 heterocycles. The molecule has 0 bridgehead atoms. The lowest BCUT2D eigenvalue weighted by molar-refractivity contribution is -0.137. The Kier molecular flexibility index (Phi) is 11.7. The fourth-order valence-electron chi connectivity index (χ4n) is 4.47. The van der Waals surface area contributed by atoms with Crippen LogP contribution in [0.25, 0.3) is 11.3 Å². The van der Waals surface area contributed by atoms with Crippen molar-refractivity contribution in [1.29, 1.82) is 0 Å². The summed E-state index contributed by atoms with van der Waals surface area (Å²) in [5, 5.41) is 21.7. The summed E-state index contributed by atoms with van der Waals surface area (Å²) in [5.74, 6) is -3.77. The molecular weight excluding hydrogens is 539 g/mol. The second-order valence-corrected chi connectivity index (χ2v) is 9.61. The Hall–Kier alpha value is -3.97. The number of β-amino-alcohol motifs (C(OH)–C–C–N with tert-alkyl or cyclic N) is 1. The molecule has 2 aromatic heterocycles. The third-order valence-corrected chi connectivity index (χ3v) is 6.69. The third-order valence-electron chi connectivity index (χ3n) is 6.69. The van der Waals surface area contributed by atoms with Crippen molar-refractivity contribution in [3.8, 4) is 11.3 Å². The molecule has 0 saturated carbocycles. The molecule has 0 amide bonds. The van der Waals surface area contributed by atoms with E-state index in [9.17, 15) is 23.1 Å². The topological polar surface area (TPSA) is 137 Å². The van der Waals surface area contributed by atoms with E-state index in [4.69, 9.17) is 5.11 Å². The maximum absolute atomic E-state index is 14.5. The first kappa shape index (κ1) is 31.6. The van der Waals surface area contributed by atoms with Crippen LogP contribution in [0.15, 0.2) is 48.2 Å². The summed E-state index contributed by atoms with van der Waals surface area (Å²) in [6, 6.07) is 3.53. The number of hydrogen-bond donors (Lipinski definition) is 3. The molecular formula is C28H34F3N7O3. The van der Waals surface area contributed by atoms with Gasteiger partial charge in [0.2, 0.25) is 0 Å². The monoisotopic (exact) mass is 573 g/mol. The lowest BCUT2D eigenvalue weighted by Gasteiger charge is -2.38. The van der Waals surface area contributed by atoms with Crippen LogP contribution in [0.1, 0.15) is 69.5 Å². The van der Waals surface area contributed by atoms with Gasteiger partial charge < -0.3 is 10.2 Å². The van der Waals surface area contributed by atoms with Crippen LogP contribution in [0, 0.1) is 17.5 Å². The van der Waals surface area contributed by atoms with Gasteiger partial charge in [0.1, 0.15) is 42.8 Å². The van der Waals surface area contributed by atoms with Gasteiger partial charge >= 0.3 is 5.97 Å². The Balaban J connectivity index is 0.000000397. The predicted molar refractivity (Wildman–Crippen MR) is 146 cm³/mol. The van der Waals surface area contributed by atoms with Crippen LogP contribution >= 0.6 is 0 Å². The Morgan fingerprint density at radius 1 is 1.07 bits per heavy atom. The Labute approximate surface area is 236 Å². The maximum atomic E-state index is 14.5. The molecule has 0 spiro atoms. The Morgan fingerprint density at radius 2 is 1.78 bits per heavy atom. The van der Waals surface area contributed by atoms with Crippen molar-refractivity contribution in [3.63, 3.8) is 0 Å². The molecule has 2 atom stereocenters. The van der Waals surface area contributed by atoms with Gasteiger partial charge in [0.25, 0.3) is 0 Å². The minimum absolute atomic E-state index is 0.0138. The minimum atomic E-state index is -1.86. The van der Waals surface area contributed by atoms with Crippen molar-refractivity contribution in [2.24, 2.45) is 4.99 Å². The van der Waals surface area contributed by atoms with Crippen LogP contribution in [-0.4, -0.2) is 60.7 Å². The number of carboxylic acids is 1. The van der Waals surface area contributed by atoms with Crippen LogP contribution in [0.3, 0.4) is 0 Å². The number of carboxylic acid groups (broad SMARTS) is 1. The molecule has 0 fully saturated rings. The molecule has 4 rings (SSSR count). The van der Waals surface area contributed by atoms with Gasteiger partial charge in [0.15, 0.2) is 11.6 Å². The number of carbonyl (C=O) groups is 1. The first-order valence-corrected chi connectivity index (χ1v) is 13.3. The Bertz CT molecular complexity index is 1330. The lowest BCUT2D eigenvalue weighted by atomic mass is 9.77. The predicted octanol–water partition coefficient (Wildman–Crippen LogP) is 4.58. The highest BCUT2D eigenvalue weighted by Gasteiger charge is 2.43. The maximum Gasteiger partial charge on any atom is 0.303 e. The summed E-state index contributed by atoms with van der Waals surface area (Å²) in [4.78, 5) is 29.3. The van der Waals surface area contributed by atoms with Crippen molar-refractivity contribution in [2.75, 3.05) is 13.2 Å². The molecule has 0 unspecified atom stereocenters. The summed E-state index contributed by atoms with van der Waals surface area (Å²) >= 11 is 0. The van der Waals surface area contributed by atoms with Crippen LogP contribution in [-0.2, 0) is 10.4 Å². The SMILES string of the molecule is CCCCCCCC(=O)O.C[C@@H](c1ncncc1F)[C@](O)(CN1C=NCN1)c1ccc(F)cc1-c1ncncc1F. The average molecular weight is 574 g/mol. The number of aliphatic hydroxyl groups is 1. The number of halogens is 3. The highest BCUT2D eigenvalue weighted by molar-refractivity contribution is 5.67. The number of hydrazine groups is 1. The quantitative estimate of drug-likeness (QED) is 0.266. The van der Waals surface area contributed by atoms with E-state index in [2.05, 4.69) is 37.3 Å². The molecule has 3 aromatic rings. The van der Waals surface area contributed by atoms with Crippen molar-refractivity contribution >= 4 is 12.3 Å². The molecule has 41 heavy (non-hydrogen) atoms. The summed E-state index contributed by atoms with van der Waals surface area (Å²) in [6.07, 6.45) is 11.6. The minimum Gasteiger partial charge on any atom is -0.481 e. The number of nitrogens with one attached hydrogen (secondary N) is 1. The molecule has 3 N–H and O–H groups in total. The van der Waals surface area contributed by atoms with Gasteiger partial charge in [-0.05, 0) is 24.1 Å². The number of nitrogens with zero attached hydrogens (tertiary/aromatic N) is 6. The summed E-state index contributed by atoms with van der Waals surface area (Å²) in [5.41, 5.74) is 0.983. The molecule has 1 aliphatic rings. The summed E-state index contributed by atoms with van der Waals surface area (Å²) in [7, 11) is 0. The van der Waals surface area contributed by atoms with E-state index in [1.165, 1.54) is 43.0 Å². The molecule has 220 valence electrons. The van der Waals surface area contributed by atoms with E-state index in [1.807, 2.05) is 0 Å². The lowest BCUT2D eigenvalue weighted by Crippen LogP contribution is -2.47. The smallest absolute Gasteiger partial charge is 0.303 e. The number of unbranched alkanes of at least 4 members (excludes halogenated alkanes) is 4. The van der Waals surface area contributed by atoms with Gasteiger partial charge in [-0.2, -0.15) is 0 Å². The summed E-state index contributed by atoms with van der Waals surface area (Å²) < 4.78 is 43.2. The Morgan fingerprint density at radius 3 is 2.41 bits per heavy atom. The van der Waals surface area contributed by atoms with Crippen molar-refractivity contribution in [1.82, 2.24) is 30.4 Å². The molecule has 10 nitrogen and oxygen atoms in total. The fraction of sp³-hybridized carbons (Fsp3) is 0.429. The van der Waals surface area contributed by atoms with Gasteiger partial charge in [0.05, 0.1) is 24.6 Å². The summed E-state index contributed by atoms with van der Waals surface area (Å²) in [6.45, 7) is 3.90. The van der Waals surface area contributed by atoms with Crippen LogP contribution < -0.4 is 5.43 Å². The zero-order valence-corrected chi connectivity index (χ0v) is 23.0. The first-order valence-electron chi connectivity index (χ1n) is 13.3. The second-order valence-electron chi connectivity index (χ2n) is 9.61. The standard InChI is InChI=1S/C20H18F3N7O.C8H16O2/c1-12(18-16(22)5-24-8-27-18)20(31,7-30-11-26-10-29-30)15-3-2-13(21)4-14(15)19-17(23)6-25-9-28-19;1-2-3-4-5-6-7-8(9)10/h2-6,8-9,11-12,29,31H,7,10H2,1H3;2-7H2,1H3,(H,9,10)/t12-,20+;/m0./s1. The normalized spacial score (nSPS) is 14.7. The number of rotatable bonds is 12. The molecule has 0 saturated heterocycles. The van der Waals surface area contributed by atoms with E-state index in [1.54, 1.807) is 6.92 Å². The van der Waals surface area contributed by atoms with Gasteiger partial charge in [-0.1, -0.05) is 45.6 Å². The number of aromatic nitrogens is 4. The van der Waals surface area contributed by atoms with Crippen LogP contribution in [0.2, 0.25) is 0 Å². The van der Waals surface area contributed by atoms with Gasteiger partial charge in [-0.3, -0.25) is 14.8 Å². The van der Waals surface area contributed by atoms with Gasteiger partial charge in [-0.15, -0.1) is 0 Å². The molecule has 13 heteroatoms. The van der Waals surface area contributed by atoms with Crippen LogP contribution in [0.5, 0.6) is 0 Å². The van der Waals surface area contributed by atoms with E-state index in [0.717, 1.165) is 43.7 Å². The molecule has 1 aromatic carbocycles. The largest absolute Gasteiger partial charge is 0.481 e. The van der Waals surface area contributed by atoms with Crippen molar-refractivity contribution in [2.45, 2.75) is 63.9 Å². The molecule has 0 radical (unpaired) electrons. The van der Waals surface area contributed by atoms with Crippen molar-refractivity contribution in [3.05, 3.63) is 72.0 Å². The highest BCUT2D eigenvalue weighted by atomic mass is 19.1. The van der Waals surface area contributed by atoms with Gasteiger partial charge in [0, 0.05) is 17.9 Å². The fourth-order valence-corrected chi connectivity index (χ4v) is 4.47. The average Bonchev–Trinajstić information content (AvgIpc) is 3.46. The van der Waals surface area contributed by atoms with E-state index in [0.29, 0.717) is 13.1 Å². The van der Waals surface area contributed by atoms with E-state index < -0.39 is 34.9 Å². The molecule has 1 aliphatic heterocycles. The second kappa shape index (κ2) is 15.1. The zero-order chi connectivity index (χ0) is 29.8. The molecule has 0 aliphatic carbocycles. The first-order chi connectivity index (χ1) is 19.7. The van der Waals surface area contributed by atoms with E-state index in [-0.39, 0.29) is 29.1 Å². The highest BCUT2D eigenvalue weighted by Crippen LogP contribution is 2.42. The number of benzene rings is 1. The number of hydrogen-bond acceptors (Lipinski definition) is 9.